The molecule has 27 heavy (non-hydrogen) atoms. The number of rotatable bonds is 12. The maximum atomic E-state index is 12.8. The standard InChI is InChI=1S/C22H32N2O2S/c1-4-24(5-2)13-15-26-14-12-23-22(25)21(17-20-7-6-16-27-20)19-10-8-18(3)9-11-19/h6-11,16,21H,4-5,12-15,17H2,1-3H3,(H,23,25). The lowest BCUT2D eigenvalue weighted by Gasteiger charge is -2.19. The van der Waals surface area contributed by atoms with Gasteiger partial charge in [0, 0.05) is 18.0 Å². The van der Waals surface area contributed by atoms with E-state index in [1.54, 1.807) is 11.3 Å². The van der Waals surface area contributed by atoms with Crippen molar-refractivity contribution in [3.05, 3.63) is 57.8 Å². The first-order valence-electron chi connectivity index (χ1n) is 9.80. The van der Waals surface area contributed by atoms with Crippen molar-refractivity contribution in [1.29, 1.82) is 0 Å². The highest BCUT2D eigenvalue weighted by Crippen LogP contribution is 2.24. The van der Waals surface area contributed by atoms with E-state index in [2.05, 4.69) is 66.7 Å². The number of nitrogens with zero attached hydrogens (tertiary/aromatic N) is 1. The number of ether oxygens (including phenoxy) is 1. The lowest BCUT2D eigenvalue weighted by atomic mass is 9.93. The van der Waals surface area contributed by atoms with Gasteiger partial charge in [0.1, 0.15) is 0 Å². The second kappa shape index (κ2) is 11.9. The Morgan fingerprint density at radius 1 is 1.15 bits per heavy atom. The molecular weight excluding hydrogens is 356 g/mol. The van der Waals surface area contributed by atoms with Crippen LogP contribution in [0.1, 0.15) is 35.8 Å². The Bertz CT molecular complexity index is 651. The van der Waals surface area contributed by atoms with Crippen molar-refractivity contribution in [2.45, 2.75) is 33.1 Å². The molecule has 1 atom stereocenters. The Hall–Kier alpha value is -1.69. The molecule has 0 saturated heterocycles. The quantitative estimate of drug-likeness (QED) is 0.562. The van der Waals surface area contributed by atoms with Gasteiger partial charge in [-0.15, -0.1) is 11.3 Å². The summed E-state index contributed by atoms with van der Waals surface area (Å²) in [5, 5.41) is 5.11. The molecule has 0 saturated carbocycles. The van der Waals surface area contributed by atoms with E-state index < -0.39 is 0 Å². The Balaban J connectivity index is 1.83. The molecule has 1 heterocycles. The smallest absolute Gasteiger partial charge is 0.227 e. The number of aryl methyl sites for hydroxylation is 1. The van der Waals surface area contributed by atoms with Gasteiger partial charge in [0.25, 0.3) is 0 Å². The molecule has 0 aliphatic rings. The van der Waals surface area contributed by atoms with Gasteiger partial charge in [0.2, 0.25) is 5.91 Å². The Labute approximate surface area is 167 Å². The number of nitrogens with one attached hydrogen (secondary N) is 1. The van der Waals surface area contributed by atoms with Gasteiger partial charge in [-0.25, -0.2) is 0 Å². The molecule has 4 nitrogen and oxygen atoms in total. The highest BCUT2D eigenvalue weighted by Gasteiger charge is 2.21. The molecule has 5 heteroatoms. The first-order valence-corrected chi connectivity index (χ1v) is 10.7. The van der Waals surface area contributed by atoms with E-state index in [0.717, 1.165) is 31.6 Å². The van der Waals surface area contributed by atoms with Gasteiger partial charge in [-0.1, -0.05) is 49.7 Å². The number of thiophene rings is 1. The summed E-state index contributed by atoms with van der Waals surface area (Å²) in [5.74, 6) is -0.0977. The average molecular weight is 389 g/mol. The molecule has 0 fully saturated rings. The Kier molecular flexibility index (Phi) is 9.53. The van der Waals surface area contributed by atoms with E-state index in [4.69, 9.17) is 4.74 Å². The molecule has 2 aromatic rings. The zero-order valence-corrected chi connectivity index (χ0v) is 17.6. The Morgan fingerprint density at radius 3 is 2.52 bits per heavy atom. The van der Waals surface area contributed by atoms with Crippen LogP contribution in [0.15, 0.2) is 41.8 Å². The van der Waals surface area contributed by atoms with Crippen molar-refractivity contribution >= 4 is 17.2 Å². The highest BCUT2D eigenvalue weighted by molar-refractivity contribution is 7.09. The number of hydrogen-bond acceptors (Lipinski definition) is 4. The molecule has 0 radical (unpaired) electrons. The fraction of sp³-hybridized carbons (Fsp3) is 0.500. The van der Waals surface area contributed by atoms with Gasteiger partial charge in [0.05, 0.1) is 19.1 Å². The van der Waals surface area contributed by atoms with Crippen LogP contribution in [0, 0.1) is 6.92 Å². The predicted octanol–water partition coefficient (Wildman–Crippen LogP) is 3.86. The average Bonchev–Trinajstić information content (AvgIpc) is 3.19. The maximum Gasteiger partial charge on any atom is 0.227 e. The van der Waals surface area contributed by atoms with E-state index in [1.165, 1.54) is 10.4 Å². The van der Waals surface area contributed by atoms with Gasteiger partial charge >= 0.3 is 0 Å². The van der Waals surface area contributed by atoms with Crippen LogP contribution in [-0.2, 0) is 16.0 Å². The van der Waals surface area contributed by atoms with Crippen molar-refractivity contribution in [2.75, 3.05) is 39.4 Å². The van der Waals surface area contributed by atoms with Gasteiger partial charge in [-0.05, 0) is 43.4 Å². The Morgan fingerprint density at radius 2 is 1.89 bits per heavy atom. The van der Waals surface area contributed by atoms with Crippen molar-refractivity contribution in [2.24, 2.45) is 0 Å². The van der Waals surface area contributed by atoms with Crippen molar-refractivity contribution < 1.29 is 9.53 Å². The predicted molar refractivity (Wildman–Crippen MR) is 114 cm³/mol. The second-order valence-corrected chi connectivity index (χ2v) is 7.71. The largest absolute Gasteiger partial charge is 0.378 e. The highest BCUT2D eigenvalue weighted by atomic mass is 32.1. The third kappa shape index (κ3) is 7.45. The lowest BCUT2D eigenvalue weighted by molar-refractivity contribution is -0.122. The van der Waals surface area contributed by atoms with Gasteiger partial charge in [0.15, 0.2) is 0 Å². The van der Waals surface area contributed by atoms with Gasteiger partial charge in [-0.3, -0.25) is 4.79 Å². The first-order chi connectivity index (χ1) is 13.1. The summed E-state index contributed by atoms with van der Waals surface area (Å²) in [5.41, 5.74) is 2.27. The van der Waals surface area contributed by atoms with Crippen LogP contribution in [0.25, 0.3) is 0 Å². The molecule has 2 rings (SSSR count). The number of benzene rings is 1. The van der Waals surface area contributed by atoms with Crippen LogP contribution >= 0.6 is 11.3 Å². The van der Waals surface area contributed by atoms with Crippen LogP contribution in [0.5, 0.6) is 0 Å². The summed E-state index contributed by atoms with van der Waals surface area (Å²) in [6, 6.07) is 12.4. The third-order valence-corrected chi connectivity index (χ3v) is 5.67. The molecule has 1 aromatic carbocycles. The van der Waals surface area contributed by atoms with Crippen LogP contribution < -0.4 is 5.32 Å². The third-order valence-electron chi connectivity index (χ3n) is 4.77. The lowest BCUT2D eigenvalue weighted by Crippen LogP contribution is -2.33. The number of carbonyl (C=O) groups is 1. The van der Waals surface area contributed by atoms with Crippen LogP contribution in [0.2, 0.25) is 0 Å². The normalized spacial score (nSPS) is 12.3. The van der Waals surface area contributed by atoms with Crippen LogP contribution in [-0.4, -0.2) is 50.2 Å². The zero-order chi connectivity index (χ0) is 19.5. The number of likely N-dealkylation sites (N-methyl/N-ethyl adjacent to an activating group) is 1. The minimum atomic E-state index is -0.167. The molecule has 148 valence electrons. The number of hydrogen-bond donors (Lipinski definition) is 1. The molecule has 1 unspecified atom stereocenters. The maximum absolute atomic E-state index is 12.8. The van der Waals surface area contributed by atoms with Crippen molar-refractivity contribution in [1.82, 2.24) is 10.2 Å². The summed E-state index contributed by atoms with van der Waals surface area (Å²) in [6.07, 6.45) is 0.732. The van der Waals surface area contributed by atoms with E-state index in [1.807, 2.05) is 6.07 Å². The van der Waals surface area contributed by atoms with Crippen molar-refractivity contribution in [3.63, 3.8) is 0 Å². The van der Waals surface area contributed by atoms with E-state index >= 15 is 0 Å². The molecule has 0 aliphatic carbocycles. The summed E-state index contributed by atoms with van der Waals surface area (Å²) in [6.45, 7) is 11.2. The summed E-state index contributed by atoms with van der Waals surface area (Å²) < 4.78 is 5.67. The van der Waals surface area contributed by atoms with Crippen molar-refractivity contribution in [3.8, 4) is 0 Å². The molecule has 1 N–H and O–H groups in total. The topological polar surface area (TPSA) is 41.6 Å². The molecular formula is C22H32N2O2S. The molecule has 0 bridgehead atoms. The second-order valence-electron chi connectivity index (χ2n) is 6.68. The van der Waals surface area contributed by atoms with E-state index in [0.29, 0.717) is 19.8 Å². The van der Waals surface area contributed by atoms with Crippen LogP contribution in [0.3, 0.4) is 0 Å². The molecule has 0 spiro atoms. The fourth-order valence-corrected chi connectivity index (χ4v) is 3.75. The summed E-state index contributed by atoms with van der Waals surface area (Å²) in [4.78, 5) is 16.4. The monoisotopic (exact) mass is 388 g/mol. The minimum absolute atomic E-state index is 0.0691. The van der Waals surface area contributed by atoms with Gasteiger partial charge < -0.3 is 15.0 Å². The zero-order valence-electron chi connectivity index (χ0n) is 16.7. The van der Waals surface area contributed by atoms with E-state index in [-0.39, 0.29) is 11.8 Å². The summed E-state index contributed by atoms with van der Waals surface area (Å²) in [7, 11) is 0. The molecule has 1 amide bonds. The SMILES string of the molecule is CCN(CC)CCOCCNC(=O)C(Cc1cccs1)c1ccc(C)cc1. The van der Waals surface area contributed by atoms with E-state index in [9.17, 15) is 4.79 Å². The number of carbonyl (C=O) groups excluding carboxylic acids is 1. The summed E-state index contributed by atoms with van der Waals surface area (Å²) >= 11 is 1.70. The molecule has 0 aliphatic heterocycles. The fourth-order valence-electron chi connectivity index (χ4n) is 3.00. The molecule has 1 aromatic heterocycles. The van der Waals surface area contributed by atoms with Gasteiger partial charge in [-0.2, -0.15) is 0 Å². The van der Waals surface area contributed by atoms with Crippen LogP contribution in [0.4, 0.5) is 0 Å². The first kappa shape index (κ1) is 21.6. The minimum Gasteiger partial charge on any atom is -0.378 e. The number of amides is 1.